The molecule has 0 aliphatic rings. The van der Waals surface area contributed by atoms with Crippen LogP contribution in [-0.4, -0.2) is 17.0 Å². The predicted molar refractivity (Wildman–Crippen MR) is 80.1 cm³/mol. The number of hydrogen-bond acceptors (Lipinski definition) is 3. The fourth-order valence-corrected chi connectivity index (χ4v) is 2.28. The minimum atomic E-state index is -1.04. The Labute approximate surface area is 120 Å². The smallest absolute Gasteiger partial charge is 0.348 e. The lowest BCUT2D eigenvalue weighted by molar-refractivity contribution is -0.111. The second kappa shape index (κ2) is 6.16. The summed E-state index contributed by atoms with van der Waals surface area (Å²) in [6, 6.07) is 9.31. The molecule has 1 aromatic heterocycles. The highest BCUT2D eigenvalue weighted by Gasteiger charge is 2.12. The van der Waals surface area contributed by atoms with Crippen LogP contribution in [0.25, 0.3) is 6.08 Å². The first kappa shape index (κ1) is 14.0. The van der Waals surface area contributed by atoms with Gasteiger partial charge in [0.1, 0.15) is 4.88 Å². The summed E-state index contributed by atoms with van der Waals surface area (Å²) in [5.41, 5.74) is 2.38. The van der Waals surface area contributed by atoms with Crippen LogP contribution in [0.1, 0.15) is 20.8 Å². The molecule has 0 bridgehead atoms. The molecule has 0 aliphatic heterocycles. The molecule has 5 heteroatoms. The zero-order chi connectivity index (χ0) is 14.5. The van der Waals surface area contributed by atoms with Gasteiger partial charge in [0.25, 0.3) is 0 Å². The molecule has 102 valence electrons. The number of hydrogen-bond donors (Lipinski definition) is 2. The number of aryl methyl sites for hydroxylation is 1. The van der Waals surface area contributed by atoms with E-state index in [4.69, 9.17) is 5.11 Å². The molecule has 0 radical (unpaired) electrons. The third-order valence-corrected chi connectivity index (χ3v) is 3.52. The van der Waals surface area contributed by atoms with E-state index in [1.165, 1.54) is 6.08 Å². The SMILES string of the molecule is Cc1ccc(/C=C/C(=O)Nc2ccsc2C(=O)O)cc1. The number of thiophene rings is 1. The molecule has 0 fully saturated rings. The van der Waals surface area contributed by atoms with Crippen LogP contribution in [0.4, 0.5) is 5.69 Å². The molecular formula is C15H13NO3S. The van der Waals surface area contributed by atoms with Gasteiger partial charge in [-0.1, -0.05) is 29.8 Å². The van der Waals surface area contributed by atoms with Crippen molar-refractivity contribution < 1.29 is 14.7 Å². The van der Waals surface area contributed by atoms with Gasteiger partial charge < -0.3 is 10.4 Å². The monoisotopic (exact) mass is 287 g/mol. The van der Waals surface area contributed by atoms with E-state index in [0.717, 1.165) is 22.5 Å². The van der Waals surface area contributed by atoms with Gasteiger partial charge in [-0.25, -0.2) is 4.79 Å². The molecule has 4 nitrogen and oxygen atoms in total. The minimum Gasteiger partial charge on any atom is -0.477 e. The summed E-state index contributed by atoms with van der Waals surface area (Å²) in [7, 11) is 0. The van der Waals surface area contributed by atoms with E-state index >= 15 is 0 Å². The zero-order valence-electron chi connectivity index (χ0n) is 10.8. The first-order chi connectivity index (χ1) is 9.56. The Morgan fingerprint density at radius 2 is 1.90 bits per heavy atom. The lowest BCUT2D eigenvalue weighted by Crippen LogP contribution is -2.09. The van der Waals surface area contributed by atoms with Gasteiger partial charge in [-0.15, -0.1) is 11.3 Å². The van der Waals surface area contributed by atoms with Gasteiger partial charge in [-0.3, -0.25) is 4.79 Å². The maximum Gasteiger partial charge on any atom is 0.348 e. The third kappa shape index (κ3) is 3.55. The van der Waals surface area contributed by atoms with Crippen molar-refractivity contribution in [1.82, 2.24) is 0 Å². The molecule has 1 amide bonds. The second-order valence-corrected chi connectivity index (χ2v) is 5.12. The number of nitrogens with one attached hydrogen (secondary N) is 1. The molecule has 0 saturated carbocycles. The number of anilines is 1. The molecule has 20 heavy (non-hydrogen) atoms. The lowest BCUT2D eigenvalue weighted by atomic mass is 10.1. The Morgan fingerprint density at radius 3 is 2.55 bits per heavy atom. The van der Waals surface area contributed by atoms with Crippen LogP contribution in [0.5, 0.6) is 0 Å². The van der Waals surface area contributed by atoms with Gasteiger partial charge in [0.05, 0.1) is 5.69 Å². The van der Waals surface area contributed by atoms with Crippen molar-refractivity contribution >= 4 is 35.0 Å². The zero-order valence-corrected chi connectivity index (χ0v) is 11.6. The number of amides is 1. The highest BCUT2D eigenvalue weighted by Crippen LogP contribution is 2.22. The molecule has 0 unspecified atom stereocenters. The van der Waals surface area contributed by atoms with Gasteiger partial charge in [0.15, 0.2) is 0 Å². The van der Waals surface area contributed by atoms with E-state index in [1.54, 1.807) is 17.5 Å². The number of aromatic carboxylic acids is 1. The number of benzene rings is 1. The van der Waals surface area contributed by atoms with E-state index < -0.39 is 5.97 Å². The summed E-state index contributed by atoms with van der Waals surface area (Å²) in [6.45, 7) is 1.99. The maximum absolute atomic E-state index is 11.7. The normalized spacial score (nSPS) is 10.7. The fourth-order valence-electron chi connectivity index (χ4n) is 1.60. The summed E-state index contributed by atoms with van der Waals surface area (Å²) >= 11 is 1.08. The van der Waals surface area contributed by atoms with Crippen LogP contribution in [0, 0.1) is 6.92 Å². The number of carboxylic acid groups (broad SMARTS) is 1. The molecule has 1 aromatic carbocycles. The van der Waals surface area contributed by atoms with Crippen LogP contribution < -0.4 is 5.32 Å². The van der Waals surface area contributed by atoms with Crippen LogP contribution in [0.2, 0.25) is 0 Å². The molecule has 2 N–H and O–H groups in total. The van der Waals surface area contributed by atoms with Crippen LogP contribution in [-0.2, 0) is 4.79 Å². The quantitative estimate of drug-likeness (QED) is 0.847. The summed E-state index contributed by atoms with van der Waals surface area (Å²) in [6.07, 6.45) is 3.07. The number of carbonyl (C=O) groups excluding carboxylic acids is 1. The molecule has 2 rings (SSSR count). The van der Waals surface area contributed by atoms with E-state index in [9.17, 15) is 9.59 Å². The van der Waals surface area contributed by atoms with Crippen molar-refractivity contribution in [2.75, 3.05) is 5.32 Å². The third-order valence-electron chi connectivity index (χ3n) is 2.62. The van der Waals surface area contributed by atoms with Crippen molar-refractivity contribution in [3.05, 3.63) is 57.8 Å². The summed E-state index contributed by atoms with van der Waals surface area (Å²) in [5.74, 6) is -1.40. The largest absolute Gasteiger partial charge is 0.477 e. The fraction of sp³-hybridized carbons (Fsp3) is 0.0667. The van der Waals surface area contributed by atoms with Gasteiger partial charge in [-0.05, 0) is 30.0 Å². The molecular weight excluding hydrogens is 274 g/mol. The van der Waals surface area contributed by atoms with E-state index in [-0.39, 0.29) is 10.8 Å². The molecule has 0 spiro atoms. The van der Waals surface area contributed by atoms with E-state index in [2.05, 4.69) is 5.32 Å². The van der Waals surface area contributed by atoms with Crippen molar-refractivity contribution in [2.45, 2.75) is 6.92 Å². The topological polar surface area (TPSA) is 66.4 Å². The highest BCUT2D eigenvalue weighted by atomic mass is 32.1. The van der Waals surface area contributed by atoms with Crippen molar-refractivity contribution in [1.29, 1.82) is 0 Å². The highest BCUT2D eigenvalue weighted by molar-refractivity contribution is 7.12. The van der Waals surface area contributed by atoms with Gasteiger partial charge >= 0.3 is 5.97 Å². The van der Waals surface area contributed by atoms with Crippen LogP contribution in [0.3, 0.4) is 0 Å². The first-order valence-corrected chi connectivity index (χ1v) is 6.81. The minimum absolute atomic E-state index is 0.127. The van der Waals surface area contributed by atoms with E-state index in [0.29, 0.717) is 5.69 Å². The van der Waals surface area contributed by atoms with Crippen LogP contribution >= 0.6 is 11.3 Å². The molecule has 1 heterocycles. The second-order valence-electron chi connectivity index (χ2n) is 4.20. The molecule has 0 atom stereocenters. The molecule has 0 aliphatic carbocycles. The average Bonchev–Trinajstić information content (AvgIpc) is 2.86. The lowest BCUT2D eigenvalue weighted by Gasteiger charge is -2.00. The molecule has 2 aromatic rings. The van der Waals surface area contributed by atoms with Gasteiger partial charge in [-0.2, -0.15) is 0 Å². The van der Waals surface area contributed by atoms with Gasteiger partial charge in [0.2, 0.25) is 5.91 Å². The Morgan fingerprint density at radius 1 is 1.20 bits per heavy atom. The van der Waals surface area contributed by atoms with Crippen molar-refractivity contribution in [3.8, 4) is 0 Å². The maximum atomic E-state index is 11.7. The Hall–Kier alpha value is -2.40. The Kier molecular flexibility index (Phi) is 4.32. The van der Waals surface area contributed by atoms with Crippen LogP contribution in [0.15, 0.2) is 41.8 Å². The first-order valence-electron chi connectivity index (χ1n) is 5.93. The predicted octanol–water partition coefficient (Wildman–Crippen LogP) is 3.41. The Balaban J connectivity index is 2.03. The summed E-state index contributed by atoms with van der Waals surface area (Å²) < 4.78 is 0. The van der Waals surface area contributed by atoms with Crippen molar-refractivity contribution in [3.63, 3.8) is 0 Å². The van der Waals surface area contributed by atoms with E-state index in [1.807, 2.05) is 31.2 Å². The number of rotatable bonds is 4. The average molecular weight is 287 g/mol. The number of carbonyl (C=O) groups is 2. The van der Waals surface area contributed by atoms with Gasteiger partial charge in [0, 0.05) is 6.08 Å². The molecule has 0 saturated heterocycles. The summed E-state index contributed by atoms with van der Waals surface area (Å²) in [4.78, 5) is 22.8. The summed E-state index contributed by atoms with van der Waals surface area (Å²) in [5, 5.41) is 13.1. The standard InChI is InChI=1S/C15H13NO3S/c1-10-2-4-11(5-3-10)6-7-13(17)16-12-8-9-20-14(12)15(18)19/h2-9H,1H3,(H,16,17)(H,18,19)/b7-6+. The Bertz CT molecular complexity index is 656. The number of carboxylic acids is 1. The van der Waals surface area contributed by atoms with Crippen molar-refractivity contribution in [2.24, 2.45) is 0 Å².